The molecule has 1 aromatic heterocycles. The summed E-state index contributed by atoms with van der Waals surface area (Å²) in [5, 5.41) is 3.60. The molecule has 0 aliphatic heterocycles. The maximum absolute atomic E-state index is 3.60. The summed E-state index contributed by atoms with van der Waals surface area (Å²) < 4.78 is 2.36. The topological polar surface area (TPSA) is 12.0 Å². The van der Waals surface area contributed by atoms with Crippen LogP contribution in [0.1, 0.15) is 37.5 Å². The highest BCUT2D eigenvalue weighted by atomic mass is 79.9. The van der Waals surface area contributed by atoms with Gasteiger partial charge in [-0.1, -0.05) is 13.3 Å². The molecule has 1 N–H and O–H groups in total. The van der Waals surface area contributed by atoms with Crippen molar-refractivity contribution in [3.05, 3.63) is 19.2 Å². The Morgan fingerprint density at radius 3 is 2.69 bits per heavy atom. The van der Waals surface area contributed by atoms with Crippen LogP contribution in [0.3, 0.4) is 0 Å². The zero-order valence-corrected chi connectivity index (χ0v) is 13.5. The second kappa shape index (κ2) is 5.51. The largest absolute Gasteiger partial charge is 0.311 e. The molecule has 1 fully saturated rings. The summed E-state index contributed by atoms with van der Waals surface area (Å²) in [6.45, 7) is 4.47. The van der Waals surface area contributed by atoms with Crippen molar-refractivity contribution >= 4 is 43.2 Å². The summed E-state index contributed by atoms with van der Waals surface area (Å²) in [6, 6.07) is 2.20. The zero-order valence-electron chi connectivity index (χ0n) is 9.48. The van der Waals surface area contributed by atoms with Crippen molar-refractivity contribution in [2.24, 2.45) is 5.41 Å². The Hall–Kier alpha value is 0.620. The van der Waals surface area contributed by atoms with E-state index in [1.807, 2.05) is 0 Å². The van der Waals surface area contributed by atoms with Gasteiger partial charge in [-0.2, -0.15) is 0 Å². The van der Waals surface area contributed by atoms with Crippen LogP contribution in [0.15, 0.2) is 14.3 Å². The molecule has 1 saturated carbocycles. The number of rotatable bonds is 6. The van der Waals surface area contributed by atoms with E-state index in [1.165, 1.54) is 45.4 Å². The predicted molar refractivity (Wildman–Crippen MR) is 78.0 cm³/mol. The first-order valence-electron chi connectivity index (χ1n) is 5.80. The molecule has 0 radical (unpaired) electrons. The van der Waals surface area contributed by atoms with E-state index in [9.17, 15) is 0 Å². The smallest absolute Gasteiger partial charge is 0.0843 e. The van der Waals surface area contributed by atoms with Crippen molar-refractivity contribution in [2.45, 2.75) is 39.2 Å². The number of nitrogens with one attached hydrogen (secondary N) is 1. The Morgan fingerprint density at radius 1 is 1.44 bits per heavy atom. The lowest BCUT2D eigenvalue weighted by atomic mass is 10.0. The number of thiophene rings is 1. The van der Waals surface area contributed by atoms with E-state index in [0.29, 0.717) is 5.41 Å². The molecule has 1 aliphatic rings. The average molecular weight is 367 g/mol. The number of hydrogen-bond donors (Lipinski definition) is 1. The van der Waals surface area contributed by atoms with Gasteiger partial charge in [-0.3, -0.25) is 0 Å². The second-order valence-corrected chi connectivity index (χ2v) is 8.00. The van der Waals surface area contributed by atoms with Gasteiger partial charge in [0.05, 0.1) is 3.79 Å². The molecule has 0 saturated heterocycles. The van der Waals surface area contributed by atoms with Crippen LogP contribution in [-0.2, 0) is 6.54 Å². The fourth-order valence-electron chi connectivity index (χ4n) is 2.15. The highest BCUT2D eigenvalue weighted by Crippen LogP contribution is 2.49. The molecule has 1 aliphatic carbocycles. The van der Waals surface area contributed by atoms with Gasteiger partial charge in [0.15, 0.2) is 0 Å². The monoisotopic (exact) mass is 365 g/mol. The Bertz CT molecular complexity index is 338. The number of hydrogen-bond acceptors (Lipinski definition) is 2. The van der Waals surface area contributed by atoms with E-state index in [-0.39, 0.29) is 0 Å². The van der Waals surface area contributed by atoms with Gasteiger partial charge < -0.3 is 5.32 Å². The van der Waals surface area contributed by atoms with E-state index >= 15 is 0 Å². The molecule has 0 amide bonds. The third-order valence-corrected chi connectivity index (χ3v) is 6.49. The molecule has 0 bridgehead atoms. The van der Waals surface area contributed by atoms with E-state index in [4.69, 9.17) is 0 Å². The molecule has 0 unspecified atom stereocenters. The lowest BCUT2D eigenvalue weighted by Crippen LogP contribution is -2.23. The van der Waals surface area contributed by atoms with Crippen molar-refractivity contribution in [2.75, 3.05) is 6.54 Å². The van der Waals surface area contributed by atoms with Crippen LogP contribution in [-0.4, -0.2) is 6.54 Å². The fraction of sp³-hybridized carbons (Fsp3) is 0.667. The minimum Gasteiger partial charge on any atom is -0.311 e. The van der Waals surface area contributed by atoms with Crippen molar-refractivity contribution in [3.8, 4) is 0 Å². The SMILES string of the molecule is CCCC1(CNCc2cc(Br)c(Br)s2)CC1. The summed E-state index contributed by atoms with van der Waals surface area (Å²) >= 11 is 8.85. The van der Waals surface area contributed by atoms with Gasteiger partial charge in [0.1, 0.15) is 0 Å². The Kier molecular flexibility index (Phi) is 4.50. The first-order valence-corrected chi connectivity index (χ1v) is 8.20. The maximum Gasteiger partial charge on any atom is 0.0843 e. The molecule has 16 heavy (non-hydrogen) atoms. The van der Waals surface area contributed by atoms with Crippen molar-refractivity contribution in [1.29, 1.82) is 0 Å². The molecular formula is C12H17Br2NS. The molecule has 0 spiro atoms. The molecule has 0 aromatic carbocycles. The first kappa shape index (κ1) is 13.1. The highest BCUT2D eigenvalue weighted by Gasteiger charge is 2.40. The van der Waals surface area contributed by atoms with Crippen molar-refractivity contribution in [3.63, 3.8) is 0 Å². The van der Waals surface area contributed by atoms with Crippen LogP contribution in [0.5, 0.6) is 0 Å². The molecule has 1 nitrogen and oxygen atoms in total. The maximum atomic E-state index is 3.60. The lowest BCUT2D eigenvalue weighted by molar-refractivity contribution is 0.421. The zero-order chi connectivity index (χ0) is 11.6. The molecule has 0 atom stereocenters. The molecule has 4 heteroatoms. The normalized spacial score (nSPS) is 17.7. The van der Waals surface area contributed by atoms with Crippen LogP contribution in [0.4, 0.5) is 0 Å². The minimum atomic E-state index is 0.653. The van der Waals surface area contributed by atoms with Gasteiger partial charge in [-0.05, 0) is 62.6 Å². The first-order chi connectivity index (χ1) is 7.65. The van der Waals surface area contributed by atoms with Crippen LogP contribution in [0.2, 0.25) is 0 Å². The Labute approximate surface area is 118 Å². The molecule has 1 aromatic rings. The Morgan fingerprint density at radius 2 is 2.19 bits per heavy atom. The van der Waals surface area contributed by atoms with E-state index in [2.05, 4.69) is 50.2 Å². The van der Waals surface area contributed by atoms with Crippen molar-refractivity contribution in [1.82, 2.24) is 5.32 Å². The molecule has 1 heterocycles. The standard InChI is InChI=1S/C12H17Br2NS/c1-2-3-12(4-5-12)8-15-7-9-6-10(13)11(14)16-9/h6,15H,2-5,7-8H2,1H3. The van der Waals surface area contributed by atoms with Crippen molar-refractivity contribution < 1.29 is 0 Å². The van der Waals surface area contributed by atoms with Gasteiger partial charge in [0.2, 0.25) is 0 Å². The molecule has 2 rings (SSSR count). The summed E-state index contributed by atoms with van der Waals surface area (Å²) in [7, 11) is 0. The Balaban J connectivity index is 1.76. The average Bonchev–Trinajstić information content (AvgIpc) is 2.91. The predicted octanol–water partition coefficient (Wildman–Crippen LogP) is 4.94. The quantitative estimate of drug-likeness (QED) is 0.751. The molecular weight excluding hydrogens is 350 g/mol. The van der Waals surface area contributed by atoms with E-state index in [1.54, 1.807) is 11.3 Å². The van der Waals surface area contributed by atoms with E-state index < -0.39 is 0 Å². The van der Waals surface area contributed by atoms with Gasteiger partial charge in [0.25, 0.3) is 0 Å². The fourth-order valence-corrected chi connectivity index (χ4v) is 4.30. The highest BCUT2D eigenvalue weighted by molar-refractivity contribution is 9.13. The van der Waals surface area contributed by atoms with E-state index in [0.717, 1.165) is 6.54 Å². The van der Waals surface area contributed by atoms with Gasteiger partial charge in [-0.25, -0.2) is 0 Å². The van der Waals surface area contributed by atoms with Gasteiger partial charge in [0, 0.05) is 22.4 Å². The van der Waals surface area contributed by atoms with Crippen LogP contribution in [0.25, 0.3) is 0 Å². The molecule has 90 valence electrons. The summed E-state index contributed by atoms with van der Waals surface area (Å²) in [6.07, 6.45) is 5.55. The minimum absolute atomic E-state index is 0.653. The summed E-state index contributed by atoms with van der Waals surface area (Å²) in [5.41, 5.74) is 0.653. The van der Waals surface area contributed by atoms with Gasteiger partial charge >= 0.3 is 0 Å². The third kappa shape index (κ3) is 3.31. The summed E-state index contributed by atoms with van der Waals surface area (Å²) in [4.78, 5) is 1.39. The number of halogens is 2. The van der Waals surface area contributed by atoms with Crippen LogP contribution in [0, 0.1) is 5.41 Å². The summed E-state index contributed by atoms with van der Waals surface area (Å²) in [5.74, 6) is 0. The van der Waals surface area contributed by atoms with Gasteiger partial charge in [-0.15, -0.1) is 11.3 Å². The lowest BCUT2D eigenvalue weighted by Gasteiger charge is -2.14. The van der Waals surface area contributed by atoms with Crippen LogP contribution >= 0.6 is 43.2 Å². The van der Waals surface area contributed by atoms with Crippen LogP contribution < -0.4 is 5.32 Å². The third-order valence-electron chi connectivity index (χ3n) is 3.23. The second-order valence-electron chi connectivity index (χ2n) is 4.69.